The number of carbonyl (C=O) groups is 2. The van der Waals surface area contributed by atoms with E-state index in [1.165, 1.54) is 11.6 Å². The molecule has 36 heavy (non-hydrogen) atoms. The second-order valence-corrected chi connectivity index (χ2v) is 9.77. The van der Waals surface area contributed by atoms with Gasteiger partial charge in [-0.05, 0) is 45.6 Å². The van der Waals surface area contributed by atoms with Crippen molar-refractivity contribution in [2.24, 2.45) is 11.8 Å². The van der Waals surface area contributed by atoms with Gasteiger partial charge in [0.1, 0.15) is 6.10 Å². The Labute approximate surface area is 214 Å². The van der Waals surface area contributed by atoms with Crippen LogP contribution in [-0.2, 0) is 14.3 Å². The van der Waals surface area contributed by atoms with Gasteiger partial charge in [-0.3, -0.25) is 0 Å². The van der Waals surface area contributed by atoms with Gasteiger partial charge in [-0.1, -0.05) is 73.6 Å². The van der Waals surface area contributed by atoms with Gasteiger partial charge in [-0.15, -0.1) is 0 Å². The van der Waals surface area contributed by atoms with Crippen LogP contribution in [0.1, 0.15) is 53.9 Å². The fourth-order valence-corrected chi connectivity index (χ4v) is 4.56. The molecule has 7 heteroatoms. The third-order valence-electron chi connectivity index (χ3n) is 6.39. The number of cyclic esters (lactones) is 1. The average molecular weight is 500 g/mol. The number of rotatable bonds is 10. The van der Waals surface area contributed by atoms with E-state index in [0.29, 0.717) is 18.8 Å². The Morgan fingerprint density at radius 1 is 1.31 bits per heavy atom. The van der Waals surface area contributed by atoms with E-state index in [2.05, 4.69) is 18.3 Å². The summed E-state index contributed by atoms with van der Waals surface area (Å²) in [6.07, 6.45) is 17.7. The molecule has 198 valence electrons. The van der Waals surface area contributed by atoms with Gasteiger partial charge in [-0.2, -0.15) is 0 Å². The summed E-state index contributed by atoms with van der Waals surface area (Å²) in [5.74, 6) is -0.0244. The van der Waals surface area contributed by atoms with Gasteiger partial charge in [0.2, 0.25) is 0 Å². The van der Waals surface area contributed by atoms with Crippen LogP contribution in [0.4, 0.5) is 4.79 Å². The molecule has 1 fully saturated rings. The van der Waals surface area contributed by atoms with Gasteiger partial charge >= 0.3 is 12.1 Å². The summed E-state index contributed by atoms with van der Waals surface area (Å²) < 4.78 is 11.3. The summed E-state index contributed by atoms with van der Waals surface area (Å²) in [5.41, 5.74) is 2.27. The molecule has 3 N–H and O–H groups in total. The molecule has 7 nitrogen and oxygen atoms in total. The van der Waals surface area contributed by atoms with Crippen LogP contribution in [-0.4, -0.2) is 52.7 Å². The maximum absolute atomic E-state index is 11.3. The number of hydrogen-bond acceptors (Lipinski definition) is 5. The Bertz CT molecular complexity index is 928. The highest BCUT2D eigenvalue weighted by Crippen LogP contribution is 2.28. The molecule has 7 atom stereocenters. The number of nitrogens with one attached hydrogen (secondary N) is 1. The second kappa shape index (κ2) is 14.6. The molecule has 1 unspecified atom stereocenters. The topological polar surface area (TPSA) is 105 Å². The Morgan fingerprint density at radius 2 is 2.06 bits per heavy atom. The molecule has 0 spiro atoms. The average Bonchev–Trinajstić information content (AvgIpc) is 2.79. The Balaban J connectivity index is 1.91. The second-order valence-electron chi connectivity index (χ2n) is 9.77. The minimum absolute atomic E-state index is 0.0331. The summed E-state index contributed by atoms with van der Waals surface area (Å²) in [4.78, 5) is 22.5. The number of ether oxygens (including phenoxy) is 2. The Kier molecular flexibility index (Phi) is 11.9. The zero-order valence-corrected chi connectivity index (χ0v) is 22.0. The van der Waals surface area contributed by atoms with Gasteiger partial charge < -0.3 is 25.0 Å². The number of amides is 1. The van der Waals surface area contributed by atoms with Crippen LogP contribution in [0.15, 0.2) is 71.9 Å². The number of aliphatic hydroxyl groups is 1. The smallest absolute Gasteiger partial charge is 0.404 e. The zero-order valence-electron chi connectivity index (χ0n) is 22.0. The number of allylic oxidation sites excluding steroid dienone is 7. The summed E-state index contributed by atoms with van der Waals surface area (Å²) in [7, 11) is 0. The molecule has 2 aliphatic heterocycles. The summed E-state index contributed by atoms with van der Waals surface area (Å²) in [6.45, 7) is 10.1. The van der Waals surface area contributed by atoms with Crippen molar-refractivity contribution in [3.63, 3.8) is 0 Å². The first-order valence-electron chi connectivity index (χ1n) is 12.6. The van der Waals surface area contributed by atoms with Crippen LogP contribution in [0.5, 0.6) is 0 Å². The quantitative estimate of drug-likeness (QED) is 0.215. The van der Waals surface area contributed by atoms with Gasteiger partial charge in [-0.25, -0.2) is 9.59 Å². The fourth-order valence-electron chi connectivity index (χ4n) is 4.56. The van der Waals surface area contributed by atoms with Crippen molar-refractivity contribution in [1.82, 2.24) is 5.32 Å². The predicted octanol–water partition coefficient (Wildman–Crippen LogP) is 5.26. The maximum Gasteiger partial charge on any atom is 0.404 e. The molecule has 0 aromatic rings. The van der Waals surface area contributed by atoms with E-state index in [4.69, 9.17) is 9.47 Å². The van der Waals surface area contributed by atoms with Gasteiger partial charge in [0, 0.05) is 24.5 Å². The minimum atomic E-state index is -1.07. The fraction of sp³-hybridized carbons (Fsp3) is 0.517. The molecular formula is C29H41NO6. The SMILES string of the molecule is C/C=C/[C@@H]1O[C@H]([C@@H](O)/C=C/C=C(\C)C[C@@H](C)/C=C(C)\C=C\[C@H]2CC=CC(=O)O2)CC(NC(=O)O)[C@@H]1C. The number of aliphatic hydroxyl groups excluding tert-OH is 1. The van der Waals surface area contributed by atoms with Crippen LogP contribution in [0.2, 0.25) is 0 Å². The van der Waals surface area contributed by atoms with Crippen molar-refractivity contribution in [1.29, 1.82) is 0 Å². The van der Waals surface area contributed by atoms with Crippen molar-refractivity contribution in [2.45, 2.75) is 84.3 Å². The number of carbonyl (C=O) groups excluding carboxylic acids is 1. The lowest BCUT2D eigenvalue weighted by atomic mass is 9.86. The van der Waals surface area contributed by atoms with Crippen LogP contribution >= 0.6 is 0 Å². The third-order valence-corrected chi connectivity index (χ3v) is 6.39. The van der Waals surface area contributed by atoms with Crippen LogP contribution in [0.3, 0.4) is 0 Å². The highest BCUT2D eigenvalue weighted by atomic mass is 16.5. The Morgan fingerprint density at radius 3 is 2.72 bits per heavy atom. The number of hydrogen-bond donors (Lipinski definition) is 3. The lowest BCUT2D eigenvalue weighted by Crippen LogP contribution is -2.52. The van der Waals surface area contributed by atoms with Crippen molar-refractivity contribution in [3.05, 3.63) is 71.9 Å². The lowest BCUT2D eigenvalue weighted by Gasteiger charge is -2.40. The molecule has 0 bridgehead atoms. The molecule has 1 saturated heterocycles. The number of carboxylic acid groups (broad SMARTS) is 1. The first-order valence-corrected chi connectivity index (χ1v) is 12.6. The first-order chi connectivity index (χ1) is 17.1. The molecule has 0 aromatic carbocycles. The highest BCUT2D eigenvalue weighted by Gasteiger charge is 2.37. The molecule has 2 rings (SSSR count). The van der Waals surface area contributed by atoms with Gasteiger partial charge in [0.15, 0.2) is 0 Å². The summed E-state index contributed by atoms with van der Waals surface area (Å²) >= 11 is 0. The van der Waals surface area contributed by atoms with Crippen LogP contribution in [0, 0.1) is 11.8 Å². The molecular weight excluding hydrogens is 458 g/mol. The molecule has 0 aliphatic carbocycles. The largest absolute Gasteiger partial charge is 0.465 e. The summed E-state index contributed by atoms with van der Waals surface area (Å²) in [5, 5.41) is 22.4. The van der Waals surface area contributed by atoms with E-state index < -0.39 is 18.3 Å². The normalized spacial score (nSPS) is 29.6. The molecule has 2 heterocycles. The van der Waals surface area contributed by atoms with Crippen molar-refractivity contribution in [2.75, 3.05) is 0 Å². The molecule has 1 amide bonds. The molecule has 0 saturated carbocycles. The highest BCUT2D eigenvalue weighted by molar-refractivity contribution is 5.82. The predicted molar refractivity (Wildman–Crippen MR) is 141 cm³/mol. The van der Waals surface area contributed by atoms with Crippen LogP contribution < -0.4 is 5.32 Å². The zero-order chi connectivity index (χ0) is 26.7. The first kappa shape index (κ1) is 29.3. The van der Waals surface area contributed by atoms with Crippen molar-refractivity contribution >= 4 is 12.1 Å². The van der Waals surface area contributed by atoms with E-state index in [9.17, 15) is 19.8 Å². The van der Waals surface area contributed by atoms with E-state index in [-0.39, 0.29) is 30.1 Å². The molecule has 0 aromatic heterocycles. The maximum atomic E-state index is 11.3. The van der Waals surface area contributed by atoms with E-state index in [1.807, 2.05) is 70.2 Å². The minimum Gasteiger partial charge on any atom is -0.465 e. The monoisotopic (exact) mass is 499 g/mol. The molecule has 2 aliphatic rings. The van der Waals surface area contributed by atoms with Gasteiger partial charge in [0.05, 0.1) is 18.3 Å². The van der Waals surface area contributed by atoms with Crippen LogP contribution in [0.25, 0.3) is 0 Å². The Hall–Kier alpha value is -2.90. The van der Waals surface area contributed by atoms with E-state index in [0.717, 1.165) is 12.0 Å². The van der Waals surface area contributed by atoms with Crippen molar-refractivity contribution < 1.29 is 29.3 Å². The van der Waals surface area contributed by atoms with Crippen molar-refractivity contribution in [3.8, 4) is 0 Å². The summed E-state index contributed by atoms with van der Waals surface area (Å²) in [6, 6.07) is -0.297. The number of esters is 1. The lowest BCUT2D eigenvalue weighted by molar-refractivity contribution is -0.141. The molecule has 0 radical (unpaired) electrons. The van der Waals surface area contributed by atoms with E-state index >= 15 is 0 Å². The van der Waals surface area contributed by atoms with Gasteiger partial charge in [0.25, 0.3) is 0 Å². The third kappa shape index (κ3) is 9.99. The van der Waals surface area contributed by atoms with E-state index in [1.54, 1.807) is 6.08 Å². The standard InChI is InChI=1S/C29H41NO6/c1-6-9-26-22(5)24(30-29(33)34)18-27(36-26)25(31)12-7-10-19(2)16-21(4)17-20(3)14-15-23-11-8-13-28(32)35-23/h6-10,12-15,17,21-27,30-31H,11,16,18H2,1-5H3,(H,33,34)/b9-6+,12-7+,15-14+,19-10+,20-17-/t21-,22+,23-,24?,25+,26+,27+/m1/s1.